The van der Waals surface area contributed by atoms with Crippen molar-refractivity contribution in [3.63, 3.8) is 0 Å². The molecule has 0 bridgehead atoms. The first kappa shape index (κ1) is 20.7. The zero-order chi connectivity index (χ0) is 19.7. The van der Waals surface area contributed by atoms with Gasteiger partial charge in [0.1, 0.15) is 6.61 Å². The van der Waals surface area contributed by atoms with Crippen LogP contribution in [-0.2, 0) is 16.1 Å². The van der Waals surface area contributed by atoms with Gasteiger partial charge in [-0.3, -0.25) is 10.1 Å². The molecule has 1 aromatic carbocycles. The van der Waals surface area contributed by atoms with Crippen molar-refractivity contribution >= 4 is 17.7 Å². The van der Waals surface area contributed by atoms with Crippen molar-refractivity contribution in [1.82, 2.24) is 5.32 Å². The Balaban J connectivity index is 2.68. The summed E-state index contributed by atoms with van der Waals surface area (Å²) in [6.07, 6.45) is 0.987. The van der Waals surface area contributed by atoms with E-state index in [4.69, 9.17) is 19.3 Å². The minimum Gasteiger partial charge on any atom is -0.493 e. The number of carbonyl (C=O) groups is 2. The SMILES string of the molecule is COc1cc(COC(=O)NCC/C=C(\C)C(=O)O)c([N+](=O)[O-])cc1OC. The van der Waals surface area contributed by atoms with E-state index in [1.807, 2.05) is 0 Å². The van der Waals surface area contributed by atoms with Gasteiger partial charge in [0, 0.05) is 12.1 Å². The van der Waals surface area contributed by atoms with E-state index >= 15 is 0 Å². The van der Waals surface area contributed by atoms with Crippen molar-refractivity contribution in [2.45, 2.75) is 20.0 Å². The lowest BCUT2D eigenvalue weighted by atomic mass is 10.1. The normalized spacial score (nSPS) is 10.8. The van der Waals surface area contributed by atoms with Crippen LogP contribution in [0, 0.1) is 10.1 Å². The molecule has 0 spiro atoms. The molecule has 10 nitrogen and oxygen atoms in total. The van der Waals surface area contributed by atoms with Crippen molar-refractivity contribution in [3.8, 4) is 11.5 Å². The minimum absolute atomic E-state index is 0.143. The number of alkyl carbamates (subject to hydrolysis) is 1. The number of carboxylic acid groups (broad SMARTS) is 1. The molecule has 1 rings (SSSR count). The molecular weight excluding hydrogens is 348 g/mol. The summed E-state index contributed by atoms with van der Waals surface area (Å²) >= 11 is 0. The van der Waals surface area contributed by atoms with Gasteiger partial charge >= 0.3 is 12.1 Å². The fourth-order valence-corrected chi connectivity index (χ4v) is 1.94. The highest BCUT2D eigenvalue weighted by Crippen LogP contribution is 2.34. The third-order valence-corrected chi connectivity index (χ3v) is 3.34. The zero-order valence-electron chi connectivity index (χ0n) is 14.6. The Bertz CT molecular complexity index is 714. The highest BCUT2D eigenvalue weighted by Gasteiger charge is 2.20. The number of rotatable bonds is 9. The number of hydrogen-bond acceptors (Lipinski definition) is 7. The van der Waals surface area contributed by atoms with Gasteiger partial charge in [0.2, 0.25) is 0 Å². The summed E-state index contributed by atoms with van der Waals surface area (Å²) in [6, 6.07) is 2.55. The first-order chi connectivity index (χ1) is 12.3. The number of amides is 1. The molecule has 142 valence electrons. The Kier molecular flexibility index (Phi) is 7.87. The second kappa shape index (κ2) is 9.87. The average molecular weight is 368 g/mol. The highest BCUT2D eigenvalue weighted by atomic mass is 16.6. The van der Waals surface area contributed by atoms with Crippen molar-refractivity contribution in [1.29, 1.82) is 0 Å². The van der Waals surface area contributed by atoms with Gasteiger partial charge in [0.05, 0.1) is 30.8 Å². The maximum absolute atomic E-state index is 11.7. The number of carbonyl (C=O) groups excluding carboxylic acids is 1. The number of carboxylic acids is 1. The predicted octanol–water partition coefficient (Wildman–Crippen LogP) is 2.26. The maximum Gasteiger partial charge on any atom is 0.407 e. The van der Waals surface area contributed by atoms with E-state index in [9.17, 15) is 19.7 Å². The molecule has 0 aromatic heterocycles. The number of methoxy groups -OCH3 is 2. The third kappa shape index (κ3) is 5.96. The fourth-order valence-electron chi connectivity index (χ4n) is 1.94. The number of hydrogen-bond donors (Lipinski definition) is 2. The summed E-state index contributed by atoms with van der Waals surface area (Å²) in [7, 11) is 2.74. The van der Waals surface area contributed by atoms with E-state index in [1.165, 1.54) is 39.4 Å². The Labute approximate surface area is 149 Å². The second-order valence-corrected chi connectivity index (χ2v) is 5.08. The fraction of sp³-hybridized carbons (Fsp3) is 0.375. The Morgan fingerprint density at radius 2 is 1.88 bits per heavy atom. The summed E-state index contributed by atoms with van der Waals surface area (Å²) in [4.78, 5) is 32.8. The van der Waals surface area contributed by atoms with E-state index in [0.717, 1.165) is 0 Å². The van der Waals surface area contributed by atoms with Crippen LogP contribution in [0.4, 0.5) is 10.5 Å². The summed E-state index contributed by atoms with van der Waals surface area (Å²) in [5.41, 5.74) is 0.0426. The molecule has 0 atom stereocenters. The molecule has 2 N–H and O–H groups in total. The van der Waals surface area contributed by atoms with Crippen LogP contribution in [0.15, 0.2) is 23.8 Å². The smallest absolute Gasteiger partial charge is 0.407 e. The van der Waals surface area contributed by atoms with E-state index in [-0.39, 0.29) is 41.5 Å². The Morgan fingerprint density at radius 1 is 1.27 bits per heavy atom. The number of ether oxygens (including phenoxy) is 3. The highest BCUT2D eigenvalue weighted by molar-refractivity contribution is 5.85. The van der Waals surface area contributed by atoms with Gasteiger partial charge in [0.15, 0.2) is 11.5 Å². The van der Waals surface area contributed by atoms with Crippen molar-refractivity contribution in [3.05, 3.63) is 39.5 Å². The van der Waals surface area contributed by atoms with Crippen LogP contribution in [0.5, 0.6) is 11.5 Å². The van der Waals surface area contributed by atoms with Gasteiger partial charge in [-0.1, -0.05) is 6.08 Å². The summed E-state index contributed by atoms with van der Waals surface area (Å²) in [5.74, 6) is -0.576. The van der Waals surface area contributed by atoms with Crippen LogP contribution in [0.2, 0.25) is 0 Å². The lowest BCUT2D eigenvalue weighted by molar-refractivity contribution is -0.385. The predicted molar refractivity (Wildman–Crippen MR) is 90.4 cm³/mol. The molecule has 0 saturated heterocycles. The van der Waals surface area contributed by atoms with Crippen LogP contribution < -0.4 is 14.8 Å². The van der Waals surface area contributed by atoms with Gasteiger partial charge in [-0.2, -0.15) is 0 Å². The Hall–Kier alpha value is -3.30. The van der Waals surface area contributed by atoms with Gasteiger partial charge in [-0.15, -0.1) is 0 Å². The van der Waals surface area contributed by atoms with Gasteiger partial charge < -0.3 is 24.6 Å². The largest absolute Gasteiger partial charge is 0.493 e. The molecule has 26 heavy (non-hydrogen) atoms. The van der Waals surface area contributed by atoms with Crippen LogP contribution in [0.1, 0.15) is 18.9 Å². The average Bonchev–Trinajstić information content (AvgIpc) is 2.62. The van der Waals surface area contributed by atoms with Crippen molar-refractivity contribution in [2.24, 2.45) is 0 Å². The van der Waals surface area contributed by atoms with E-state index < -0.39 is 17.0 Å². The molecule has 0 unspecified atom stereocenters. The molecule has 1 aromatic rings. The Morgan fingerprint density at radius 3 is 2.42 bits per heavy atom. The first-order valence-electron chi connectivity index (χ1n) is 7.50. The second-order valence-electron chi connectivity index (χ2n) is 5.08. The van der Waals surface area contributed by atoms with E-state index in [2.05, 4.69) is 5.32 Å². The summed E-state index contributed by atoms with van der Waals surface area (Å²) < 4.78 is 15.1. The number of nitro groups is 1. The molecule has 1 amide bonds. The van der Waals surface area contributed by atoms with E-state index in [1.54, 1.807) is 0 Å². The van der Waals surface area contributed by atoms with Crippen LogP contribution in [0.25, 0.3) is 0 Å². The molecule has 10 heteroatoms. The van der Waals surface area contributed by atoms with Gasteiger partial charge in [-0.25, -0.2) is 9.59 Å². The third-order valence-electron chi connectivity index (χ3n) is 3.34. The number of nitrogens with one attached hydrogen (secondary N) is 1. The van der Waals surface area contributed by atoms with Crippen molar-refractivity contribution in [2.75, 3.05) is 20.8 Å². The number of nitro benzene ring substituents is 1. The minimum atomic E-state index is -1.03. The number of benzene rings is 1. The van der Waals surface area contributed by atoms with E-state index in [0.29, 0.717) is 6.42 Å². The molecule has 0 fully saturated rings. The molecule has 0 aliphatic carbocycles. The molecule has 0 radical (unpaired) electrons. The lowest BCUT2D eigenvalue weighted by Crippen LogP contribution is -2.25. The lowest BCUT2D eigenvalue weighted by Gasteiger charge is -2.11. The van der Waals surface area contributed by atoms with Crippen LogP contribution in [0.3, 0.4) is 0 Å². The zero-order valence-corrected chi connectivity index (χ0v) is 14.6. The molecular formula is C16H20N2O8. The molecule has 0 aliphatic rings. The molecule has 0 saturated carbocycles. The molecule has 0 heterocycles. The summed E-state index contributed by atoms with van der Waals surface area (Å²) in [6.45, 7) is 1.26. The quantitative estimate of drug-likeness (QED) is 0.293. The monoisotopic (exact) mass is 368 g/mol. The summed E-state index contributed by atoms with van der Waals surface area (Å²) in [5, 5.41) is 22.3. The number of nitrogens with zero attached hydrogens (tertiary/aromatic N) is 1. The number of aliphatic carboxylic acids is 1. The topological polar surface area (TPSA) is 137 Å². The van der Waals surface area contributed by atoms with Crippen LogP contribution in [-0.4, -0.2) is 42.9 Å². The maximum atomic E-state index is 11.7. The van der Waals surface area contributed by atoms with Gasteiger partial charge in [-0.05, 0) is 19.4 Å². The standard InChI is InChI=1S/C16H20N2O8/c1-10(15(19)20)5-4-6-17-16(21)26-9-11-7-13(24-2)14(25-3)8-12(11)18(22)23/h5,7-8H,4,6,9H2,1-3H3,(H,17,21)(H,19,20)/b10-5+. The first-order valence-corrected chi connectivity index (χ1v) is 7.50. The van der Waals surface area contributed by atoms with Crippen molar-refractivity contribution < 1.29 is 33.8 Å². The van der Waals surface area contributed by atoms with Gasteiger partial charge in [0.25, 0.3) is 5.69 Å². The van der Waals surface area contributed by atoms with Crippen LogP contribution >= 0.6 is 0 Å². The molecule has 0 aliphatic heterocycles.